The molecule has 0 aliphatic rings. The summed E-state index contributed by atoms with van der Waals surface area (Å²) in [6.45, 7) is 1.12. The van der Waals surface area contributed by atoms with E-state index in [1.807, 2.05) is 0 Å². The minimum Gasteiger partial charge on any atom is -0.479 e. The predicted octanol–water partition coefficient (Wildman–Crippen LogP) is 3.58. The van der Waals surface area contributed by atoms with Crippen molar-refractivity contribution in [3.63, 3.8) is 0 Å². The van der Waals surface area contributed by atoms with E-state index >= 15 is 0 Å². The van der Waals surface area contributed by atoms with Crippen LogP contribution in [0.4, 0.5) is 23.4 Å². The van der Waals surface area contributed by atoms with Crippen LogP contribution in [0.15, 0.2) is 28.8 Å². The van der Waals surface area contributed by atoms with Crippen LogP contribution in [0.5, 0.6) is 5.75 Å². The number of nitrogens with zero attached hydrogens (tertiary/aromatic N) is 2. The van der Waals surface area contributed by atoms with Crippen molar-refractivity contribution in [1.82, 2.24) is 9.78 Å². The highest BCUT2D eigenvalue weighted by atomic mass is 19.2. The summed E-state index contributed by atoms with van der Waals surface area (Å²) in [5.74, 6) is -9.61. The molecule has 2 heterocycles. The number of hydrogen-bond acceptors (Lipinski definition) is 6. The molecule has 0 fully saturated rings. The van der Waals surface area contributed by atoms with Crippen molar-refractivity contribution in [2.24, 2.45) is 7.05 Å². The van der Waals surface area contributed by atoms with E-state index in [2.05, 4.69) is 10.4 Å². The molecule has 8 nitrogen and oxygen atoms in total. The minimum atomic E-state index is -1.70. The highest BCUT2D eigenvalue weighted by Gasteiger charge is 2.23. The van der Waals surface area contributed by atoms with Crippen molar-refractivity contribution in [2.75, 3.05) is 11.9 Å². The summed E-state index contributed by atoms with van der Waals surface area (Å²) >= 11 is 0. The Hall–Kier alpha value is -3.83. The van der Waals surface area contributed by atoms with Crippen molar-refractivity contribution in [3.8, 4) is 5.75 Å². The van der Waals surface area contributed by atoms with Gasteiger partial charge in [-0.25, -0.2) is 13.6 Å². The number of benzene rings is 1. The summed E-state index contributed by atoms with van der Waals surface area (Å²) < 4.78 is 69.9. The van der Waals surface area contributed by atoms with Crippen LogP contribution in [-0.2, 0) is 18.4 Å². The maximum absolute atomic E-state index is 13.6. The van der Waals surface area contributed by atoms with Crippen LogP contribution in [-0.4, -0.2) is 28.3 Å². The fraction of sp³-hybridized carbons (Fsp3) is 0.211. The van der Waals surface area contributed by atoms with Crippen molar-refractivity contribution in [1.29, 1.82) is 0 Å². The predicted molar refractivity (Wildman–Crippen MR) is 96.4 cm³/mol. The number of amides is 1. The smallest absolute Gasteiger partial charge is 0.343 e. The first-order chi connectivity index (χ1) is 14.7. The number of aryl methyl sites for hydroxylation is 1. The molecule has 2 aromatic heterocycles. The largest absolute Gasteiger partial charge is 0.479 e. The van der Waals surface area contributed by atoms with E-state index in [4.69, 9.17) is 13.9 Å². The molecule has 1 aromatic carbocycles. The highest BCUT2D eigenvalue weighted by molar-refractivity contribution is 6.05. The zero-order valence-electron chi connectivity index (χ0n) is 16.2. The Bertz CT molecular complexity index is 1120. The first-order valence-electron chi connectivity index (χ1n) is 8.77. The summed E-state index contributed by atoms with van der Waals surface area (Å²) in [6, 6.07) is 2.54. The molecule has 1 amide bonds. The number of carbonyl (C=O) groups is 2. The number of carbonyl (C=O) groups excluding carboxylic acids is 2. The number of rotatable bonds is 7. The maximum Gasteiger partial charge on any atom is 0.343 e. The van der Waals surface area contributed by atoms with E-state index in [1.165, 1.54) is 30.1 Å². The second-order valence-electron chi connectivity index (χ2n) is 6.06. The van der Waals surface area contributed by atoms with Gasteiger partial charge in [0.25, 0.3) is 5.91 Å². The van der Waals surface area contributed by atoms with Crippen LogP contribution in [0.1, 0.15) is 33.6 Å². The average Bonchev–Trinajstić information content (AvgIpc) is 3.34. The van der Waals surface area contributed by atoms with E-state index in [0.717, 1.165) is 0 Å². The van der Waals surface area contributed by atoms with Gasteiger partial charge >= 0.3 is 5.97 Å². The van der Waals surface area contributed by atoms with Crippen LogP contribution >= 0.6 is 0 Å². The number of furan rings is 1. The van der Waals surface area contributed by atoms with Gasteiger partial charge in [0.05, 0.1) is 12.8 Å². The Morgan fingerprint density at radius 1 is 1.16 bits per heavy atom. The lowest BCUT2D eigenvalue weighted by atomic mass is 10.3. The summed E-state index contributed by atoms with van der Waals surface area (Å²) in [6.07, 6.45) is 1.22. The molecule has 0 unspecified atom stereocenters. The monoisotopic (exact) mass is 441 g/mol. The fourth-order valence-corrected chi connectivity index (χ4v) is 2.51. The SMILES string of the molecule is CCOC(=O)c1cnn(C)c1NC(=O)c1ccc(COc2c(F)c(F)cc(F)c2F)o1. The van der Waals surface area contributed by atoms with Gasteiger partial charge in [0.15, 0.2) is 23.1 Å². The maximum atomic E-state index is 13.6. The number of ether oxygens (including phenoxy) is 2. The third kappa shape index (κ3) is 4.52. The molecule has 0 aliphatic heterocycles. The lowest BCUT2D eigenvalue weighted by Crippen LogP contribution is -2.17. The van der Waals surface area contributed by atoms with Crippen molar-refractivity contribution < 1.29 is 41.0 Å². The van der Waals surface area contributed by atoms with Gasteiger partial charge in [0, 0.05) is 13.1 Å². The van der Waals surface area contributed by atoms with Crippen LogP contribution in [0, 0.1) is 23.3 Å². The molecule has 3 aromatic rings. The first-order valence-corrected chi connectivity index (χ1v) is 8.77. The molecule has 164 valence electrons. The summed E-state index contributed by atoms with van der Waals surface area (Å²) in [5.41, 5.74) is 0.0203. The van der Waals surface area contributed by atoms with E-state index < -0.39 is 47.5 Å². The van der Waals surface area contributed by atoms with Crippen molar-refractivity contribution in [2.45, 2.75) is 13.5 Å². The normalized spacial score (nSPS) is 10.8. The van der Waals surface area contributed by atoms with E-state index in [9.17, 15) is 27.2 Å². The number of nitrogens with one attached hydrogen (secondary N) is 1. The Balaban J connectivity index is 1.72. The third-order valence-corrected chi connectivity index (χ3v) is 3.98. The molecule has 0 bridgehead atoms. The number of aromatic nitrogens is 2. The van der Waals surface area contributed by atoms with E-state index in [-0.39, 0.29) is 35.6 Å². The van der Waals surface area contributed by atoms with Gasteiger partial charge in [-0.1, -0.05) is 0 Å². The lowest BCUT2D eigenvalue weighted by molar-refractivity contribution is 0.0527. The van der Waals surface area contributed by atoms with Crippen LogP contribution in [0.2, 0.25) is 0 Å². The van der Waals surface area contributed by atoms with Crippen molar-refractivity contribution >= 4 is 17.7 Å². The molecule has 0 saturated carbocycles. The second kappa shape index (κ2) is 8.90. The Labute approximate surface area is 172 Å². The molecule has 1 N–H and O–H groups in total. The zero-order chi connectivity index (χ0) is 22.7. The summed E-state index contributed by atoms with van der Waals surface area (Å²) in [4.78, 5) is 24.4. The number of hydrogen-bond donors (Lipinski definition) is 1. The molecule has 3 rings (SSSR count). The Morgan fingerprint density at radius 3 is 2.48 bits per heavy atom. The third-order valence-electron chi connectivity index (χ3n) is 3.98. The highest BCUT2D eigenvalue weighted by Crippen LogP contribution is 2.27. The minimum absolute atomic E-state index is 0.0203. The van der Waals surface area contributed by atoms with E-state index in [1.54, 1.807) is 6.92 Å². The molecular weight excluding hydrogens is 426 g/mol. The quantitative estimate of drug-likeness (QED) is 0.342. The van der Waals surface area contributed by atoms with Crippen molar-refractivity contribution in [3.05, 3.63) is 64.7 Å². The van der Waals surface area contributed by atoms with Crippen LogP contribution in [0.3, 0.4) is 0 Å². The van der Waals surface area contributed by atoms with Crippen LogP contribution < -0.4 is 10.1 Å². The number of esters is 1. The Morgan fingerprint density at radius 2 is 1.84 bits per heavy atom. The van der Waals surface area contributed by atoms with Gasteiger partial charge in [0.1, 0.15) is 23.7 Å². The Kier molecular flexibility index (Phi) is 6.28. The molecule has 0 atom stereocenters. The van der Waals surface area contributed by atoms with E-state index in [0.29, 0.717) is 0 Å². The van der Waals surface area contributed by atoms with Gasteiger partial charge in [-0.2, -0.15) is 13.9 Å². The molecule has 12 heteroatoms. The average molecular weight is 441 g/mol. The molecule has 0 spiro atoms. The van der Waals surface area contributed by atoms with Gasteiger partial charge in [-0.15, -0.1) is 0 Å². The zero-order valence-corrected chi connectivity index (χ0v) is 16.2. The molecule has 0 aliphatic carbocycles. The standard InChI is InChI=1S/C19H15F4N3O5/c1-3-29-19(28)10-7-24-26(2)17(10)25-18(27)13-5-4-9(31-13)8-30-16-14(22)11(20)6-12(21)15(16)23/h4-7H,3,8H2,1-2H3,(H,25,27). The second-order valence-corrected chi connectivity index (χ2v) is 6.06. The van der Waals surface area contributed by atoms with Gasteiger partial charge in [0.2, 0.25) is 11.6 Å². The molecule has 0 radical (unpaired) electrons. The number of anilines is 1. The van der Waals surface area contributed by atoms with Gasteiger partial charge < -0.3 is 19.2 Å². The topological polar surface area (TPSA) is 95.6 Å². The number of halogens is 4. The van der Waals surface area contributed by atoms with Gasteiger partial charge in [-0.05, 0) is 19.1 Å². The fourth-order valence-electron chi connectivity index (χ4n) is 2.51. The molecular formula is C19H15F4N3O5. The summed E-state index contributed by atoms with van der Waals surface area (Å²) in [7, 11) is 1.49. The molecule has 31 heavy (non-hydrogen) atoms. The first kappa shape index (κ1) is 21.9. The summed E-state index contributed by atoms with van der Waals surface area (Å²) in [5, 5.41) is 6.33. The van der Waals surface area contributed by atoms with Gasteiger partial charge in [-0.3, -0.25) is 9.48 Å². The molecule has 0 saturated heterocycles. The lowest BCUT2D eigenvalue weighted by Gasteiger charge is -2.08. The van der Waals surface area contributed by atoms with Crippen LogP contribution in [0.25, 0.3) is 0 Å².